The van der Waals surface area contributed by atoms with Gasteiger partial charge in [-0.05, 0) is 30.7 Å². The first kappa shape index (κ1) is 13.6. The highest BCUT2D eigenvalue weighted by Gasteiger charge is 2.31. The van der Waals surface area contributed by atoms with Gasteiger partial charge in [0.1, 0.15) is 0 Å². The molecule has 0 aromatic heterocycles. The third-order valence-corrected chi connectivity index (χ3v) is 3.55. The molecule has 0 bridgehead atoms. The van der Waals surface area contributed by atoms with Gasteiger partial charge in [0.15, 0.2) is 0 Å². The van der Waals surface area contributed by atoms with Gasteiger partial charge in [-0.2, -0.15) is 0 Å². The fourth-order valence-electron chi connectivity index (χ4n) is 2.47. The Balaban J connectivity index is 1.62. The number of hydrogen-bond donors (Lipinski definition) is 2. The zero-order valence-corrected chi connectivity index (χ0v) is 10.8. The second kappa shape index (κ2) is 6.36. The van der Waals surface area contributed by atoms with Crippen molar-refractivity contribution in [1.82, 2.24) is 5.32 Å². The number of carboxylic acids is 1. The summed E-state index contributed by atoms with van der Waals surface area (Å²) in [6.07, 6.45) is 3.05. The molecule has 0 spiro atoms. The molecule has 4 nitrogen and oxygen atoms in total. The normalized spacial score (nSPS) is 21.5. The molecular formula is C15H19NO3. The van der Waals surface area contributed by atoms with Crippen LogP contribution in [0, 0.1) is 5.92 Å². The maximum Gasteiger partial charge on any atom is 0.303 e. The van der Waals surface area contributed by atoms with Gasteiger partial charge in [0.2, 0.25) is 5.91 Å². The number of benzene rings is 1. The molecule has 1 fully saturated rings. The Labute approximate surface area is 112 Å². The Hall–Kier alpha value is -1.84. The molecule has 1 saturated carbocycles. The largest absolute Gasteiger partial charge is 0.481 e. The van der Waals surface area contributed by atoms with Crippen LogP contribution in [0.25, 0.3) is 0 Å². The number of carbonyl (C=O) groups is 2. The van der Waals surface area contributed by atoms with Crippen molar-refractivity contribution in [3.05, 3.63) is 35.9 Å². The fourth-order valence-corrected chi connectivity index (χ4v) is 2.47. The van der Waals surface area contributed by atoms with E-state index in [9.17, 15) is 9.59 Å². The van der Waals surface area contributed by atoms with E-state index >= 15 is 0 Å². The Bertz CT molecular complexity index is 438. The molecule has 19 heavy (non-hydrogen) atoms. The van der Waals surface area contributed by atoms with Crippen molar-refractivity contribution < 1.29 is 14.7 Å². The minimum Gasteiger partial charge on any atom is -0.481 e. The summed E-state index contributed by atoms with van der Waals surface area (Å²) >= 11 is 0. The minimum atomic E-state index is -0.751. The highest BCUT2D eigenvalue weighted by atomic mass is 16.4. The molecule has 0 unspecified atom stereocenters. The molecule has 1 aliphatic rings. The van der Waals surface area contributed by atoms with Gasteiger partial charge in [-0.25, -0.2) is 0 Å². The van der Waals surface area contributed by atoms with Crippen LogP contribution in [0.2, 0.25) is 0 Å². The van der Waals surface area contributed by atoms with Crippen LogP contribution in [0.15, 0.2) is 30.3 Å². The molecular weight excluding hydrogens is 242 g/mol. The lowest BCUT2D eigenvalue weighted by Crippen LogP contribution is -2.44. The van der Waals surface area contributed by atoms with Crippen molar-refractivity contribution >= 4 is 11.9 Å². The summed E-state index contributed by atoms with van der Waals surface area (Å²) < 4.78 is 0. The van der Waals surface area contributed by atoms with Crippen LogP contribution in [-0.4, -0.2) is 23.0 Å². The third kappa shape index (κ3) is 4.39. The van der Waals surface area contributed by atoms with Crippen LogP contribution in [0.3, 0.4) is 0 Å². The first-order chi connectivity index (χ1) is 9.13. The number of aliphatic carboxylic acids is 1. The quantitative estimate of drug-likeness (QED) is 0.823. The molecule has 1 aliphatic carbocycles. The van der Waals surface area contributed by atoms with Crippen LogP contribution in [-0.2, 0) is 16.0 Å². The minimum absolute atomic E-state index is 0.0580. The van der Waals surface area contributed by atoms with Gasteiger partial charge in [-0.1, -0.05) is 30.3 Å². The van der Waals surface area contributed by atoms with E-state index in [-0.39, 0.29) is 24.3 Å². The number of hydrogen-bond acceptors (Lipinski definition) is 2. The van der Waals surface area contributed by atoms with E-state index in [1.165, 1.54) is 0 Å². The summed E-state index contributed by atoms with van der Waals surface area (Å²) in [4.78, 5) is 22.2. The number of carboxylic acid groups (broad SMARTS) is 1. The molecule has 0 radical (unpaired) electrons. The highest BCUT2D eigenvalue weighted by molar-refractivity contribution is 5.76. The number of aryl methyl sites for hydroxylation is 1. The number of rotatable bonds is 6. The topological polar surface area (TPSA) is 66.4 Å². The van der Waals surface area contributed by atoms with Gasteiger partial charge in [-0.15, -0.1) is 0 Å². The second-order valence-corrected chi connectivity index (χ2v) is 5.19. The summed E-state index contributed by atoms with van der Waals surface area (Å²) in [5.41, 5.74) is 1.16. The Morgan fingerprint density at radius 1 is 1.21 bits per heavy atom. The number of carbonyl (C=O) groups excluding carboxylic acids is 1. The van der Waals surface area contributed by atoms with Crippen molar-refractivity contribution in [2.24, 2.45) is 5.92 Å². The lowest BCUT2D eigenvalue weighted by molar-refractivity contribution is -0.138. The Kier molecular flexibility index (Phi) is 4.55. The molecule has 1 aromatic rings. The molecule has 1 amide bonds. The first-order valence-electron chi connectivity index (χ1n) is 6.68. The van der Waals surface area contributed by atoms with E-state index in [1.807, 2.05) is 30.3 Å². The van der Waals surface area contributed by atoms with Crippen LogP contribution in [0.1, 0.15) is 31.2 Å². The zero-order valence-electron chi connectivity index (χ0n) is 10.8. The first-order valence-corrected chi connectivity index (χ1v) is 6.68. The van der Waals surface area contributed by atoms with E-state index in [0.29, 0.717) is 6.42 Å². The van der Waals surface area contributed by atoms with Gasteiger partial charge in [0, 0.05) is 18.9 Å². The summed E-state index contributed by atoms with van der Waals surface area (Å²) in [5, 5.41) is 11.6. The van der Waals surface area contributed by atoms with E-state index < -0.39 is 5.97 Å². The molecule has 2 rings (SSSR count). The molecule has 0 heterocycles. The monoisotopic (exact) mass is 261 g/mol. The average molecular weight is 261 g/mol. The molecule has 102 valence electrons. The van der Waals surface area contributed by atoms with E-state index in [0.717, 1.165) is 24.8 Å². The predicted molar refractivity (Wildman–Crippen MR) is 71.7 cm³/mol. The highest BCUT2D eigenvalue weighted by Crippen LogP contribution is 2.30. The molecule has 1 aromatic carbocycles. The van der Waals surface area contributed by atoms with Gasteiger partial charge >= 0.3 is 5.97 Å². The zero-order chi connectivity index (χ0) is 13.7. The average Bonchev–Trinajstić information content (AvgIpc) is 2.34. The van der Waals surface area contributed by atoms with Crippen molar-refractivity contribution in [2.45, 2.75) is 38.1 Å². The number of amides is 1. The summed E-state index contributed by atoms with van der Waals surface area (Å²) in [5.74, 6) is -0.460. The van der Waals surface area contributed by atoms with Crippen LogP contribution in [0.5, 0.6) is 0 Å². The van der Waals surface area contributed by atoms with Crippen LogP contribution < -0.4 is 5.32 Å². The Morgan fingerprint density at radius 2 is 1.89 bits per heavy atom. The van der Waals surface area contributed by atoms with Crippen molar-refractivity contribution in [2.75, 3.05) is 0 Å². The van der Waals surface area contributed by atoms with Crippen molar-refractivity contribution in [3.8, 4) is 0 Å². The molecule has 0 saturated heterocycles. The summed E-state index contributed by atoms with van der Waals surface area (Å²) in [6, 6.07) is 10.1. The maximum absolute atomic E-state index is 11.7. The van der Waals surface area contributed by atoms with Gasteiger partial charge in [0.05, 0.1) is 0 Å². The second-order valence-electron chi connectivity index (χ2n) is 5.19. The van der Waals surface area contributed by atoms with Crippen LogP contribution in [0.4, 0.5) is 0 Å². The van der Waals surface area contributed by atoms with E-state index in [1.54, 1.807) is 0 Å². The van der Waals surface area contributed by atoms with Crippen LogP contribution >= 0.6 is 0 Å². The standard InChI is InChI=1S/C15H19NO3/c17-14(7-6-11-4-2-1-3-5-11)16-13-8-12(9-13)10-15(18)19/h1-5,12-13H,6-10H2,(H,16,17)(H,18,19). The summed E-state index contributed by atoms with van der Waals surface area (Å²) in [6.45, 7) is 0. The molecule has 0 atom stereocenters. The lowest BCUT2D eigenvalue weighted by Gasteiger charge is -2.34. The predicted octanol–water partition coefficient (Wildman–Crippen LogP) is 1.99. The Morgan fingerprint density at radius 3 is 2.53 bits per heavy atom. The smallest absolute Gasteiger partial charge is 0.303 e. The summed E-state index contributed by atoms with van der Waals surface area (Å²) in [7, 11) is 0. The van der Waals surface area contributed by atoms with Gasteiger partial charge in [0.25, 0.3) is 0 Å². The van der Waals surface area contributed by atoms with Crippen molar-refractivity contribution in [1.29, 1.82) is 0 Å². The molecule has 2 N–H and O–H groups in total. The van der Waals surface area contributed by atoms with Gasteiger partial charge in [-0.3, -0.25) is 9.59 Å². The third-order valence-electron chi connectivity index (χ3n) is 3.55. The SMILES string of the molecule is O=C(O)CC1CC(NC(=O)CCc2ccccc2)C1. The van der Waals surface area contributed by atoms with E-state index in [4.69, 9.17) is 5.11 Å². The fraction of sp³-hybridized carbons (Fsp3) is 0.467. The maximum atomic E-state index is 11.7. The molecule has 0 aliphatic heterocycles. The van der Waals surface area contributed by atoms with Gasteiger partial charge < -0.3 is 10.4 Å². The lowest BCUT2D eigenvalue weighted by atomic mass is 9.78. The van der Waals surface area contributed by atoms with E-state index in [2.05, 4.69) is 5.32 Å². The van der Waals surface area contributed by atoms with Crippen molar-refractivity contribution in [3.63, 3.8) is 0 Å². The number of nitrogens with one attached hydrogen (secondary N) is 1. The molecule has 4 heteroatoms.